The van der Waals surface area contributed by atoms with E-state index in [0.29, 0.717) is 16.4 Å². The summed E-state index contributed by atoms with van der Waals surface area (Å²) >= 11 is 9.41. The van der Waals surface area contributed by atoms with Crippen LogP contribution >= 0.6 is 27.5 Å². The van der Waals surface area contributed by atoms with Gasteiger partial charge in [-0.15, -0.1) is 0 Å². The average molecular weight is 332 g/mol. The molecule has 0 unspecified atom stereocenters. The van der Waals surface area contributed by atoms with E-state index in [-0.39, 0.29) is 11.5 Å². The van der Waals surface area contributed by atoms with Gasteiger partial charge in [0.25, 0.3) is 0 Å². The van der Waals surface area contributed by atoms with E-state index < -0.39 is 5.82 Å². The fraction of sp³-hybridized carbons (Fsp3) is 0.0909. The summed E-state index contributed by atoms with van der Waals surface area (Å²) in [6.45, 7) is 1.53. The number of nitrogens with zero attached hydrogens (tertiary/aromatic N) is 2. The summed E-state index contributed by atoms with van der Waals surface area (Å²) in [4.78, 5) is 8.06. The topological polar surface area (TPSA) is 63.8 Å². The first-order chi connectivity index (χ1) is 8.52. The first kappa shape index (κ1) is 13.2. The van der Waals surface area contributed by atoms with Gasteiger partial charge in [0.05, 0.1) is 10.7 Å². The van der Waals surface area contributed by atoms with Gasteiger partial charge in [-0.25, -0.2) is 20.2 Å². The molecule has 0 atom stereocenters. The molecule has 0 amide bonds. The first-order valence-corrected chi connectivity index (χ1v) is 6.16. The zero-order valence-electron chi connectivity index (χ0n) is 9.34. The summed E-state index contributed by atoms with van der Waals surface area (Å²) in [7, 11) is 0. The molecule has 1 heterocycles. The molecule has 0 bridgehead atoms. The Morgan fingerprint density at radius 2 is 2.11 bits per heavy atom. The van der Waals surface area contributed by atoms with E-state index in [0.717, 1.165) is 4.47 Å². The Balaban J connectivity index is 2.64. The van der Waals surface area contributed by atoms with Crippen molar-refractivity contribution in [3.05, 3.63) is 39.2 Å². The summed E-state index contributed by atoms with van der Waals surface area (Å²) in [5.74, 6) is 4.89. The number of hydrogen-bond donors (Lipinski definition) is 2. The van der Waals surface area contributed by atoms with Gasteiger partial charge in [-0.05, 0) is 25.1 Å². The Kier molecular flexibility index (Phi) is 3.79. The van der Waals surface area contributed by atoms with Crippen molar-refractivity contribution >= 4 is 33.3 Å². The third kappa shape index (κ3) is 2.45. The van der Waals surface area contributed by atoms with Gasteiger partial charge in [0.1, 0.15) is 0 Å². The van der Waals surface area contributed by atoms with Gasteiger partial charge in [-0.2, -0.15) is 0 Å². The molecule has 18 heavy (non-hydrogen) atoms. The number of aromatic nitrogens is 2. The quantitative estimate of drug-likeness (QED) is 0.655. The molecule has 1 aromatic heterocycles. The zero-order valence-corrected chi connectivity index (χ0v) is 11.7. The van der Waals surface area contributed by atoms with Crippen LogP contribution in [0.25, 0.3) is 11.4 Å². The van der Waals surface area contributed by atoms with Crippen molar-refractivity contribution in [2.75, 3.05) is 5.43 Å². The van der Waals surface area contributed by atoms with Crippen LogP contribution < -0.4 is 11.3 Å². The van der Waals surface area contributed by atoms with Crippen LogP contribution in [-0.4, -0.2) is 9.97 Å². The van der Waals surface area contributed by atoms with Crippen LogP contribution in [0, 0.1) is 12.7 Å². The van der Waals surface area contributed by atoms with Crippen LogP contribution in [0.4, 0.5) is 10.2 Å². The van der Waals surface area contributed by atoms with E-state index in [1.165, 1.54) is 6.92 Å². The van der Waals surface area contributed by atoms with Crippen LogP contribution in [0.1, 0.15) is 5.69 Å². The fourth-order valence-corrected chi connectivity index (χ4v) is 2.01. The van der Waals surface area contributed by atoms with E-state index in [9.17, 15) is 4.39 Å². The number of halogens is 3. The van der Waals surface area contributed by atoms with Crippen molar-refractivity contribution in [3.63, 3.8) is 0 Å². The summed E-state index contributed by atoms with van der Waals surface area (Å²) in [5.41, 5.74) is 3.00. The van der Waals surface area contributed by atoms with Gasteiger partial charge >= 0.3 is 0 Å². The predicted molar refractivity (Wildman–Crippen MR) is 72.7 cm³/mol. The largest absolute Gasteiger partial charge is 0.306 e. The van der Waals surface area contributed by atoms with Crippen LogP contribution in [0.5, 0.6) is 0 Å². The molecule has 0 spiro atoms. The molecular weight excluding hydrogens is 323 g/mol. The average Bonchev–Trinajstić information content (AvgIpc) is 2.35. The van der Waals surface area contributed by atoms with Crippen molar-refractivity contribution in [2.45, 2.75) is 6.92 Å². The minimum atomic E-state index is -0.577. The molecule has 0 aliphatic heterocycles. The highest BCUT2D eigenvalue weighted by molar-refractivity contribution is 9.10. The minimum Gasteiger partial charge on any atom is -0.306 e. The zero-order chi connectivity index (χ0) is 13.3. The maximum Gasteiger partial charge on any atom is 0.187 e. The molecule has 7 heteroatoms. The number of nitrogen functional groups attached to an aromatic ring is 1. The van der Waals surface area contributed by atoms with Gasteiger partial charge in [0, 0.05) is 10.0 Å². The lowest BCUT2D eigenvalue weighted by atomic mass is 10.2. The molecule has 0 aliphatic rings. The molecular formula is C11H9BrClFN4. The highest BCUT2D eigenvalue weighted by Crippen LogP contribution is 2.29. The highest BCUT2D eigenvalue weighted by Gasteiger charge is 2.14. The molecule has 94 valence electrons. The third-order valence-corrected chi connectivity index (χ3v) is 3.15. The summed E-state index contributed by atoms with van der Waals surface area (Å²) in [6.07, 6.45) is 0. The molecule has 1 aromatic carbocycles. The Bertz CT molecular complexity index is 606. The standard InChI is InChI=1S/C11H9BrClFN4/c1-5-9(14)11(18-15)17-10(16-5)7-4-6(12)2-3-8(7)13/h2-4H,15H2,1H3,(H,16,17,18). The van der Waals surface area contributed by atoms with Crippen LogP contribution in [0.3, 0.4) is 0 Å². The number of rotatable bonds is 2. The molecule has 2 rings (SSSR count). The monoisotopic (exact) mass is 330 g/mol. The number of hydrogen-bond acceptors (Lipinski definition) is 4. The lowest BCUT2D eigenvalue weighted by Gasteiger charge is -2.08. The lowest BCUT2D eigenvalue weighted by molar-refractivity contribution is 0.606. The number of benzene rings is 1. The van der Waals surface area contributed by atoms with E-state index >= 15 is 0 Å². The van der Waals surface area contributed by atoms with Crippen LogP contribution in [0.2, 0.25) is 5.02 Å². The molecule has 0 fully saturated rings. The number of anilines is 1. The first-order valence-electron chi connectivity index (χ1n) is 4.99. The van der Waals surface area contributed by atoms with Gasteiger partial charge in [0.15, 0.2) is 17.5 Å². The van der Waals surface area contributed by atoms with E-state index in [1.807, 2.05) is 0 Å². The lowest BCUT2D eigenvalue weighted by Crippen LogP contribution is -2.13. The van der Waals surface area contributed by atoms with E-state index in [4.69, 9.17) is 17.4 Å². The number of hydrazine groups is 1. The summed E-state index contributed by atoms with van der Waals surface area (Å²) in [6, 6.07) is 5.26. The van der Waals surface area contributed by atoms with E-state index in [1.54, 1.807) is 18.2 Å². The van der Waals surface area contributed by atoms with Gasteiger partial charge in [-0.1, -0.05) is 27.5 Å². The third-order valence-electron chi connectivity index (χ3n) is 2.32. The van der Waals surface area contributed by atoms with Crippen molar-refractivity contribution in [2.24, 2.45) is 5.84 Å². The normalized spacial score (nSPS) is 10.5. The van der Waals surface area contributed by atoms with Gasteiger partial charge in [0.2, 0.25) is 0 Å². The fourth-order valence-electron chi connectivity index (χ4n) is 1.44. The number of nitrogens with one attached hydrogen (secondary N) is 1. The van der Waals surface area contributed by atoms with Crippen molar-refractivity contribution in [1.29, 1.82) is 0 Å². The Labute approximate surface area is 116 Å². The van der Waals surface area contributed by atoms with Gasteiger partial charge < -0.3 is 5.43 Å². The molecule has 4 nitrogen and oxygen atoms in total. The maximum absolute atomic E-state index is 13.6. The summed E-state index contributed by atoms with van der Waals surface area (Å²) < 4.78 is 14.4. The van der Waals surface area contributed by atoms with Crippen LogP contribution in [-0.2, 0) is 0 Å². The highest BCUT2D eigenvalue weighted by atomic mass is 79.9. The van der Waals surface area contributed by atoms with Gasteiger partial charge in [-0.3, -0.25) is 0 Å². The Hall–Kier alpha value is -1.24. The maximum atomic E-state index is 13.6. The second-order valence-corrected chi connectivity index (χ2v) is 4.89. The van der Waals surface area contributed by atoms with Crippen molar-refractivity contribution in [3.8, 4) is 11.4 Å². The SMILES string of the molecule is Cc1nc(-c2cc(Br)ccc2Cl)nc(NN)c1F. The minimum absolute atomic E-state index is 0.0615. The molecule has 2 aromatic rings. The second-order valence-electron chi connectivity index (χ2n) is 3.56. The van der Waals surface area contributed by atoms with Crippen molar-refractivity contribution in [1.82, 2.24) is 9.97 Å². The molecule has 0 saturated carbocycles. The molecule has 0 saturated heterocycles. The number of nitrogens with two attached hydrogens (primary N) is 1. The second kappa shape index (κ2) is 5.17. The summed E-state index contributed by atoms with van der Waals surface area (Å²) in [5, 5.41) is 0.479. The Morgan fingerprint density at radius 1 is 1.39 bits per heavy atom. The number of aryl methyl sites for hydroxylation is 1. The Morgan fingerprint density at radius 3 is 2.78 bits per heavy atom. The molecule has 0 aliphatic carbocycles. The predicted octanol–water partition coefficient (Wildman–Crippen LogP) is 3.29. The molecule has 3 N–H and O–H groups in total. The van der Waals surface area contributed by atoms with E-state index in [2.05, 4.69) is 31.3 Å². The van der Waals surface area contributed by atoms with Crippen molar-refractivity contribution < 1.29 is 4.39 Å². The van der Waals surface area contributed by atoms with Crippen LogP contribution in [0.15, 0.2) is 22.7 Å². The molecule has 0 radical (unpaired) electrons. The smallest absolute Gasteiger partial charge is 0.187 e.